The summed E-state index contributed by atoms with van der Waals surface area (Å²) in [7, 11) is 2.62. The van der Waals surface area contributed by atoms with Crippen LogP contribution in [0.3, 0.4) is 0 Å². The van der Waals surface area contributed by atoms with Gasteiger partial charge in [0, 0.05) is 5.56 Å². The van der Waals surface area contributed by atoms with Crippen LogP contribution in [0.4, 0.5) is 4.39 Å². The van der Waals surface area contributed by atoms with Crippen molar-refractivity contribution in [3.63, 3.8) is 0 Å². The van der Waals surface area contributed by atoms with Crippen molar-refractivity contribution in [3.05, 3.63) is 22.5 Å². The van der Waals surface area contributed by atoms with Crippen molar-refractivity contribution in [2.45, 2.75) is 18.3 Å². The third kappa shape index (κ3) is 1.70. The van der Waals surface area contributed by atoms with E-state index in [1.54, 1.807) is 0 Å². The molecular weight excluding hydrogens is 263 g/mol. The summed E-state index contributed by atoms with van der Waals surface area (Å²) in [5, 5.41) is 9.10. The molecule has 4 nitrogen and oxygen atoms in total. The standard InChI is InChI=1S/C12H12ClFO4/c1-17-9-6(12(3-4-12)11(15)16)5-7(13)8(14)10(9)18-2/h5H,3-4H2,1-2H3,(H,15,16). The summed E-state index contributed by atoms with van der Waals surface area (Å²) in [6, 6.07) is 1.30. The van der Waals surface area contributed by atoms with E-state index in [1.807, 2.05) is 0 Å². The molecule has 1 aromatic carbocycles. The minimum absolute atomic E-state index is 0.0966. The van der Waals surface area contributed by atoms with Crippen LogP contribution >= 0.6 is 11.6 Å². The van der Waals surface area contributed by atoms with E-state index in [0.29, 0.717) is 18.4 Å². The molecule has 1 aliphatic rings. The quantitative estimate of drug-likeness (QED) is 0.917. The van der Waals surface area contributed by atoms with Crippen molar-refractivity contribution in [3.8, 4) is 11.5 Å². The molecule has 0 amide bonds. The van der Waals surface area contributed by atoms with Crippen LogP contribution in [0.2, 0.25) is 5.02 Å². The number of hydrogen-bond acceptors (Lipinski definition) is 3. The Hall–Kier alpha value is -1.49. The van der Waals surface area contributed by atoms with Gasteiger partial charge in [0.15, 0.2) is 17.3 Å². The van der Waals surface area contributed by atoms with Crippen molar-refractivity contribution < 1.29 is 23.8 Å². The Bertz CT molecular complexity index is 511. The second-order valence-corrected chi connectivity index (χ2v) is 4.58. The average Bonchev–Trinajstić information content (AvgIpc) is 3.13. The Balaban J connectivity index is 2.68. The molecule has 0 saturated heterocycles. The van der Waals surface area contributed by atoms with E-state index in [0.717, 1.165) is 0 Å². The van der Waals surface area contributed by atoms with Gasteiger partial charge in [-0.2, -0.15) is 0 Å². The Morgan fingerprint density at radius 3 is 2.33 bits per heavy atom. The van der Waals surface area contributed by atoms with Gasteiger partial charge >= 0.3 is 5.97 Å². The van der Waals surface area contributed by atoms with Crippen LogP contribution in [-0.2, 0) is 10.2 Å². The molecule has 1 fully saturated rings. The van der Waals surface area contributed by atoms with Gasteiger partial charge in [0.25, 0.3) is 0 Å². The monoisotopic (exact) mass is 274 g/mol. The van der Waals surface area contributed by atoms with Crippen molar-refractivity contribution in [2.75, 3.05) is 14.2 Å². The zero-order valence-electron chi connectivity index (χ0n) is 9.92. The maximum Gasteiger partial charge on any atom is 0.314 e. The molecule has 0 unspecified atom stereocenters. The molecule has 18 heavy (non-hydrogen) atoms. The molecule has 1 saturated carbocycles. The predicted molar refractivity (Wildman–Crippen MR) is 63.1 cm³/mol. The zero-order chi connectivity index (χ0) is 13.5. The van der Waals surface area contributed by atoms with Crippen LogP contribution in [0.1, 0.15) is 18.4 Å². The average molecular weight is 275 g/mol. The minimum atomic E-state index is -1.03. The van der Waals surface area contributed by atoms with E-state index in [4.69, 9.17) is 21.1 Å². The van der Waals surface area contributed by atoms with E-state index < -0.39 is 17.2 Å². The molecule has 98 valence electrons. The molecule has 0 aliphatic heterocycles. The van der Waals surface area contributed by atoms with Crippen LogP contribution in [0.5, 0.6) is 11.5 Å². The van der Waals surface area contributed by atoms with Gasteiger partial charge in [-0.05, 0) is 18.9 Å². The number of carboxylic acid groups (broad SMARTS) is 1. The molecule has 0 atom stereocenters. The summed E-state index contributed by atoms with van der Waals surface area (Å²) in [4.78, 5) is 11.3. The summed E-state index contributed by atoms with van der Waals surface area (Å²) in [6.45, 7) is 0. The van der Waals surface area contributed by atoms with Gasteiger partial charge in [-0.15, -0.1) is 0 Å². The number of ether oxygens (including phenoxy) is 2. The summed E-state index contributed by atoms with van der Waals surface area (Å²) >= 11 is 5.76. The van der Waals surface area contributed by atoms with Crippen LogP contribution in [0.15, 0.2) is 6.07 Å². The van der Waals surface area contributed by atoms with Gasteiger partial charge in [0.2, 0.25) is 0 Å². The van der Waals surface area contributed by atoms with Crippen molar-refractivity contribution in [1.29, 1.82) is 0 Å². The lowest BCUT2D eigenvalue weighted by atomic mass is 9.94. The number of methoxy groups -OCH3 is 2. The summed E-state index contributed by atoms with van der Waals surface area (Å²) in [5.41, 5.74) is -0.670. The number of benzene rings is 1. The summed E-state index contributed by atoms with van der Waals surface area (Å²) < 4.78 is 23.8. The molecule has 1 aliphatic carbocycles. The number of carboxylic acids is 1. The second-order valence-electron chi connectivity index (χ2n) is 4.17. The van der Waals surface area contributed by atoms with E-state index in [-0.39, 0.29) is 16.5 Å². The molecule has 6 heteroatoms. The highest BCUT2D eigenvalue weighted by molar-refractivity contribution is 6.31. The summed E-state index contributed by atoms with van der Waals surface area (Å²) in [6.07, 6.45) is 0.952. The molecule has 0 aromatic heterocycles. The van der Waals surface area contributed by atoms with Gasteiger partial charge in [-0.1, -0.05) is 11.6 Å². The highest BCUT2D eigenvalue weighted by Gasteiger charge is 2.54. The van der Waals surface area contributed by atoms with Crippen molar-refractivity contribution >= 4 is 17.6 Å². The number of hydrogen-bond donors (Lipinski definition) is 1. The first kappa shape index (κ1) is 13.0. The first-order valence-electron chi connectivity index (χ1n) is 5.31. The Morgan fingerprint density at radius 1 is 1.39 bits per heavy atom. The van der Waals surface area contributed by atoms with Crippen molar-refractivity contribution in [2.24, 2.45) is 0 Å². The number of carbonyl (C=O) groups is 1. The van der Waals surface area contributed by atoms with Crippen LogP contribution in [-0.4, -0.2) is 25.3 Å². The van der Waals surface area contributed by atoms with Gasteiger partial charge in [-0.3, -0.25) is 4.79 Å². The summed E-state index contributed by atoms with van der Waals surface area (Å²) in [5.74, 6) is -1.78. The minimum Gasteiger partial charge on any atom is -0.492 e. The number of aliphatic carboxylic acids is 1. The maximum absolute atomic E-state index is 13.8. The smallest absolute Gasteiger partial charge is 0.314 e. The van der Waals surface area contributed by atoms with Crippen LogP contribution < -0.4 is 9.47 Å². The van der Waals surface area contributed by atoms with E-state index in [9.17, 15) is 14.3 Å². The first-order chi connectivity index (χ1) is 8.47. The highest BCUT2D eigenvalue weighted by Crippen LogP contribution is 2.54. The fraction of sp³-hybridized carbons (Fsp3) is 0.417. The molecule has 2 rings (SSSR count). The third-order valence-corrected chi connectivity index (χ3v) is 3.49. The molecule has 0 radical (unpaired) electrons. The maximum atomic E-state index is 13.8. The molecule has 0 bridgehead atoms. The Morgan fingerprint density at radius 2 is 1.94 bits per heavy atom. The highest BCUT2D eigenvalue weighted by atomic mass is 35.5. The predicted octanol–water partition coefficient (Wildman–Crippen LogP) is 2.61. The molecule has 0 spiro atoms. The Labute approximate surface area is 108 Å². The normalized spacial score (nSPS) is 16.2. The molecule has 1 N–H and O–H groups in total. The lowest BCUT2D eigenvalue weighted by Crippen LogP contribution is -2.21. The van der Waals surface area contributed by atoms with Gasteiger partial charge in [-0.25, -0.2) is 4.39 Å². The molecular formula is C12H12ClFO4. The van der Waals surface area contributed by atoms with Crippen LogP contribution in [0, 0.1) is 5.82 Å². The lowest BCUT2D eigenvalue weighted by Gasteiger charge is -2.18. The molecule has 0 heterocycles. The molecule has 1 aromatic rings. The largest absolute Gasteiger partial charge is 0.492 e. The van der Waals surface area contributed by atoms with E-state index in [2.05, 4.69) is 0 Å². The SMILES string of the molecule is COc1c(C2(C(=O)O)CC2)cc(Cl)c(F)c1OC. The lowest BCUT2D eigenvalue weighted by molar-refractivity contribution is -0.140. The van der Waals surface area contributed by atoms with E-state index in [1.165, 1.54) is 20.3 Å². The third-order valence-electron chi connectivity index (χ3n) is 3.21. The second kappa shape index (κ2) is 4.31. The van der Waals surface area contributed by atoms with Gasteiger partial charge in [0.1, 0.15) is 0 Å². The van der Waals surface area contributed by atoms with Crippen LogP contribution in [0.25, 0.3) is 0 Å². The van der Waals surface area contributed by atoms with Crippen molar-refractivity contribution in [1.82, 2.24) is 0 Å². The fourth-order valence-corrected chi connectivity index (χ4v) is 2.24. The fourth-order valence-electron chi connectivity index (χ4n) is 2.05. The van der Waals surface area contributed by atoms with E-state index >= 15 is 0 Å². The Kier molecular flexibility index (Phi) is 3.11. The number of rotatable bonds is 4. The van der Waals surface area contributed by atoms with Gasteiger partial charge < -0.3 is 14.6 Å². The number of halogens is 2. The first-order valence-corrected chi connectivity index (χ1v) is 5.69. The topological polar surface area (TPSA) is 55.8 Å². The zero-order valence-corrected chi connectivity index (χ0v) is 10.7. The van der Waals surface area contributed by atoms with Gasteiger partial charge in [0.05, 0.1) is 24.7 Å².